The molecule has 0 spiro atoms. The fraction of sp³-hybridized carbons (Fsp3) is 0.125. The number of benzene rings is 1. The van der Waals surface area contributed by atoms with E-state index in [-0.39, 0.29) is 28.2 Å². The number of aryl methyl sites for hydroxylation is 1. The van der Waals surface area contributed by atoms with E-state index in [1.54, 1.807) is 0 Å². The van der Waals surface area contributed by atoms with Crippen molar-refractivity contribution in [1.82, 2.24) is 20.2 Å². The molecule has 1 aromatic carbocycles. The van der Waals surface area contributed by atoms with Crippen molar-refractivity contribution >= 4 is 0 Å². The van der Waals surface area contributed by atoms with Gasteiger partial charge in [0.2, 0.25) is 0 Å². The van der Waals surface area contributed by atoms with Gasteiger partial charge in [-0.05, 0) is 37.3 Å². The summed E-state index contributed by atoms with van der Waals surface area (Å²) in [5.41, 5.74) is -0.666. The maximum absolute atomic E-state index is 13.5. The van der Waals surface area contributed by atoms with Crippen molar-refractivity contribution < 1.29 is 22.0 Å². The number of alkyl halides is 3. The van der Waals surface area contributed by atoms with Crippen LogP contribution in [0, 0.1) is 18.6 Å². The first-order valence-corrected chi connectivity index (χ1v) is 6.95. The minimum absolute atomic E-state index is 0.00417. The van der Waals surface area contributed by atoms with Gasteiger partial charge in [0.1, 0.15) is 23.4 Å². The summed E-state index contributed by atoms with van der Waals surface area (Å²) in [6.45, 7) is 1.40. The summed E-state index contributed by atoms with van der Waals surface area (Å²) in [7, 11) is 0. The van der Waals surface area contributed by atoms with Crippen LogP contribution < -0.4 is 0 Å². The number of rotatable bonds is 2. The molecule has 0 saturated carbocycles. The van der Waals surface area contributed by atoms with Crippen LogP contribution in [0.5, 0.6) is 0 Å². The molecule has 0 N–H and O–H groups in total. The van der Waals surface area contributed by atoms with E-state index in [2.05, 4.69) is 20.2 Å². The van der Waals surface area contributed by atoms with Gasteiger partial charge in [0.25, 0.3) is 0 Å². The summed E-state index contributed by atoms with van der Waals surface area (Å²) in [5, 5.41) is 7.40. The Kier molecular flexibility index (Phi) is 4.15. The molecule has 9 heteroatoms. The van der Waals surface area contributed by atoms with Crippen LogP contribution in [0.4, 0.5) is 22.0 Å². The number of nitrogens with zero attached hydrogens (tertiary/aromatic N) is 4. The second-order valence-electron chi connectivity index (χ2n) is 5.17. The summed E-state index contributed by atoms with van der Waals surface area (Å²) < 4.78 is 65.5. The monoisotopic (exact) mass is 352 g/mol. The molecule has 0 bridgehead atoms. The van der Waals surface area contributed by atoms with Gasteiger partial charge in [-0.1, -0.05) is 0 Å². The van der Waals surface area contributed by atoms with E-state index in [9.17, 15) is 22.0 Å². The molecule has 0 aliphatic rings. The van der Waals surface area contributed by atoms with Crippen LogP contribution in [-0.4, -0.2) is 20.2 Å². The molecule has 0 aliphatic carbocycles. The lowest BCUT2D eigenvalue weighted by Crippen LogP contribution is -2.09. The second kappa shape index (κ2) is 6.15. The quantitative estimate of drug-likeness (QED) is 0.649. The first-order valence-electron chi connectivity index (χ1n) is 6.95. The molecule has 128 valence electrons. The van der Waals surface area contributed by atoms with Crippen molar-refractivity contribution in [3.8, 4) is 22.5 Å². The molecule has 3 rings (SSSR count). The van der Waals surface area contributed by atoms with Crippen molar-refractivity contribution in [2.24, 2.45) is 0 Å². The Hall–Kier alpha value is -2.97. The topological polar surface area (TPSA) is 51.6 Å². The molecule has 2 aromatic heterocycles. The van der Waals surface area contributed by atoms with Gasteiger partial charge in [-0.2, -0.15) is 13.2 Å². The number of hydrogen-bond acceptors (Lipinski definition) is 4. The zero-order valence-electron chi connectivity index (χ0n) is 12.6. The molecule has 3 aromatic rings. The van der Waals surface area contributed by atoms with Crippen LogP contribution in [0.15, 0.2) is 36.7 Å². The third kappa shape index (κ3) is 3.44. The zero-order valence-corrected chi connectivity index (χ0v) is 12.6. The van der Waals surface area contributed by atoms with E-state index in [0.717, 1.165) is 24.5 Å². The Bertz CT molecular complexity index is 940. The highest BCUT2D eigenvalue weighted by Gasteiger charge is 2.33. The minimum Gasteiger partial charge on any atom is -0.249 e. The highest BCUT2D eigenvalue weighted by molar-refractivity contribution is 5.77. The number of aromatic nitrogens is 4. The third-order valence-electron chi connectivity index (χ3n) is 3.33. The van der Waals surface area contributed by atoms with E-state index in [1.807, 2.05) is 0 Å². The largest absolute Gasteiger partial charge is 0.433 e. The van der Waals surface area contributed by atoms with Gasteiger partial charge in [-0.25, -0.2) is 18.7 Å². The zero-order chi connectivity index (χ0) is 18.2. The van der Waals surface area contributed by atoms with E-state index in [4.69, 9.17) is 0 Å². The van der Waals surface area contributed by atoms with Crippen molar-refractivity contribution in [2.75, 3.05) is 0 Å². The summed E-state index contributed by atoms with van der Waals surface area (Å²) in [6, 6.07) is 5.23. The molecule has 0 unspecified atom stereocenters. The maximum Gasteiger partial charge on any atom is 0.433 e. The third-order valence-corrected chi connectivity index (χ3v) is 3.33. The Morgan fingerprint density at radius 3 is 2.32 bits per heavy atom. The van der Waals surface area contributed by atoms with Gasteiger partial charge in [-0.3, -0.25) is 0 Å². The molecule has 0 amide bonds. The average Bonchev–Trinajstić information content (AvgIpc) is 2.56. The van der Waals surface area contributed by atoms with Crippen molar-refractivity contribution in [3.63, 3.8) is 0 Å². The highest BCUT2D eigenvalue weighted by atomic mass is 19.4. The van der Waals surface area contributed by atoms with E-state index in [1.165, 1.54) is 19.1 Å². The van der Waals surface area contributed by atoms with Crippen LogP contribution in [-0.2, 0) is 6.18 Å². The van der Waals surface area contributed by atoms with Gasteiger partial charge in [-0.15, -0.1) is 10.2 Å². The van der Waals surface area contributed by atoms with Crippen LogP contribution in [0.3, 0.4) is 0 Å². The predicted molar refractivity (Wildman–Crippen MR) is 78.1 cm³/mol. The SMILES string of the molecule is Cc1cc(-c2nncnc2-c2ccc(F)c(F)c2)cc(C(F)(F)F)n1. The summed E-state index contributed by atoms with van der Waals surface area (Å²) >= 11 is 0. The van der Waals surface area contributed by atoms with Crippen LogP contribution >= 0.6 is 0 Å². The molecule has 25 heavy (non-hydrogen) atoms. The standard InChI is InChI=1S/C16H9F5N4/c1-8-4-10(6-13(24-8)16(19,20)21)15-14(22-7-23-25-15)9-2-3-11(17)12(18)5-9/h2-7H,1H3. The lowest BCUT2D eigenvalue weighted by Gasteiger charge is -2.11. The lowest BCUT2D eigenvalue weighted by molar-refractivity contribution is -0.141. The summed E-state index contributed by atoms with van der Waals surface area (Å²) in [5.74, 6) is -2.16. The van der Waals surface area contributed by atoms with Crippen molar-refractivity contribution in [1.29, 1.82) is 0 Å². The Morgan fingerprint density at radius 2 is 1.64 bits per heavy atom. The van der Waals surface area contributed by atoms with Gasteiger partial charge in [0.15, 0.2) is 11.6 Å². The maximum atomic E-state index is 13.5. The van der Waals surface area contributed by atoms with Gasteiger partial charge in [0.05, 0.1) is 0 Å². The number of halogens is 5. The fourth-order valence-corrected chi connectivity index (χ4v) is 2.28. The normalized spacial score (nSPS) is 11.6. The van der Waals surface area contributed by atoms with Crippen LogP contribution in [0.1, 0.15) is 11.4 Å². The first kappa shape index (κ1) is 16.9. The minimum atomic E-state index is -4.64. The molecule has 0 aliphatic heterocycles. The molecular formula is C16H9F5N4. The van der Waals surface area contributed by atoms with Crippen molar-refractivity contribution in [2.45, 2.75) is 13.1 Å². The molecular weight excluding hydrogens is 343 g/mol. The molecule has 0 radical (unpaired) electrons. The average molecular weight is 352 g/mol. The summed E-state index contributed by atoms with van der Waals surface area (Å²) in [4.78, 5) is 7.41. The van der Waals surface area contributed by atoms with Crippen LogP contribution in [0.25, 0.3) is 22.5 Å². The van der Waals surface area contributed by atoms with Crippen molar-refractivity contribution in [3.05, 3.63) is 59.7 Å². The van der Waals surface area contributed by atoms with E-state index >= 15 is 0 Å². The van der Waals surface area contributed by atoms with Gasteiger partial charge in [0, 0.05) is 16.8 Å². The number of pyridine rings is 1. The first-order chi connectivity index (χ1) is 11.8. The summed E-state index contributed by atoms with van der Waals surface area (Å²) in [6.07, 6.45) is -3.57. The van der Waals surface area contributed by atoms with E-state index in [0.29, 0.717) is 0 Å². The number of hydrogen-bond donors (Lipinski definition) is 0. The molecule has 0 saturated heterocycles. The lowest BCUT2D eigenvalue weighted by atomic mass is 10.0. The highest BCUT2D eigenvalue weighted by Crippen LogP contribution is 2.33. The molecule has 0 atom stereocenters. The van der Waals surface area contributed by atoms with Crippen LogP contribution in [0.2, 0.25) is 0 Å². The Balaban J connectivity index is 2.20. The predicted octanol–water partition coefficient (Wildman–Crippen LogP) is 4.21. The smallest absolute Gasteiger partial charge is 0.249 e. The Morgan fingerprint density at radius 1 is 0.880 bits per heavy atom. The Labute approximate surface area is 138 Å². The van der Waals surface area contributed by atoms with Gasteiger partial charge >= 0.3 is 6.18 Å². The molecule has 2 heterocycles. The second-order valence-corrected chi connectivity index (χ2v) is 5.17. The molecule has 0 fully saturated rings. The van der Waals surface area contributed by atoms with E-state index < -0.39 is 23.5 Å². The van der Waals surface area contributed by atoms with Gasteiger partial charge < -0.3 is 0 Å². The molecule has 4 nitrogen and oxygen atoms in total. The fourth-order valence-electron chi connectivity index (χ4n) is 2.28.